The first-order valence-electron chi connectivity index (χ1n) is 8.19. The molecule has 0 spiro atoms. The Kier molecular flexibility index (Phi) is 4.34. The van der Waals surface area contributed by atoms with Gasteiger partial charge in [-0.15, -0.1) is 0 Å². The van der Waals surface area contributed by atoms with E-state index >= 15 is 0 Å². The summed E-state index contributed by atoms with van der Waals surface area (Å²) >= 11 is 0. The first kappa shape index (κ1) is 15.0. The molecule has 116 valence electrons. The third kappa shape index (κ3) is 3.31. The minimum absolute atomic E-state index is 0.276. The summed E-state index contributed by atoms with van der Waals surface area (Å²) in [6.07, 6.45) is 3.04. The van der Waals surface area contributed by atoms with E-state index in [1.807, 2.05) is 7.11 Å². The smallest absolute Gasteiger partial charge is 0.0670 e. The maximum atomic E-state index is 5.52. The van der Waals surface area contributed by atoms with Gasteiger partial charge in [0.1, 0.15) is 0 Å². The molecule has 1 aliphatic heterocycles. The Hall–Kier alpha value is -0.900. The van der Waals surface area contributed by atoms with Crippen LogP contribution in [0.3, 0.4) is 0 Å². The summed E-state index contributed by atoms with van der Waals surface area (Å²) in [5, 5.41) is 3.84. The van der Waals surface area contributed by atoms with E-state index in [0.29, 0.717) is 6.04 Å². The zero-order valence-electron chi connectivity index (χ0n) is 13.5. The fourth-order valence-corrected chi connectivity index (χ4v) is 3.64. The highest BCUT2D eigenvalue weighted by atomic mass is 16.5. The molecule has 3 unspecified atom stereocenters. The van der Waals surface area contributed by atoms with Crippen LogP contribution in [0.2, 0.25) is 0 Å². The van der Waals surface area contributed by atoms with Gasteiger partial charge in [0.25, 0.3) is 0 Å². The Bertz CT molecular complexity index is 460. The van der Waals surface area contributed by atoms with Gasteiger partial charge < -0.3 is 10.1 Å². The number of piperazine rings is 1. The first-order valence-corrected chi connectivity index (χ1v) is 8.19. The van der Waals surface area contributed by atoms with Gasteiger partial charge in [0.2, 0.25) is 0 Å². The van der Waals surface area contributed by atoms with Crippen LogP contribution < -0.4 is 5.32 Å². The summed E-state index contributed by atoms with van der Waals surface area (Å²) < 4.78 is 5.52. The molecule has 0 amide bonds. The van der Waals surface area contributed by atoms with E-state index in [1.54, 1.807) is 0 Å². The van der Waals surface area contributed by atoms with Crippen LogP contribution in [0.5, 0.6) is 0 Å². The Labute approximate surface area is 128 Å². The van der Waals surface area contributed by atoms with Crippen molar-refractivity contribution in [2.24, 2.45) is 5.92 Å². The molecule has 1 aliphatic carbocycles. The Morgan fingerprint density at radius 2 is 2.05 bits per heavy atom. The van der Waals surface area contributed by atoms with Crippen molar-refractivity contribution in [3.8, 4) is 0 Å². The molecule has 1 aromatic carbocycles. The molecule has 3 nitrogen and oxygen atoms in total. The first-order chi connectivity index (χ1) is 10.1. The normalized spacial score (nSPS) is 32.0. The van der Waals surface area contributed by atoms with Crippen molar-refractivity contribution < 1.29 is 4.74 Å². The molecule has 1 heterocycles. The average Bonchev–Trinajstić information content (AvgIpc) is 3.33. The lowest BCUT2D eigenvalue weighted by atomic mass is 9.89. The minimum Gasteiger partial charge on any atom is -0.380 e. The predicted octanol–water partition coefficient (Wildman–Crippen LogP) is 2.84. The lowest BCUT2D eigenvalue weighted by molar-refractivity contribution is 0.0183. The molecular formula is C18H28N2O. The second-order valence-electron chi connectivity index (χ2n) is 6.97. The standard InChI is InChI=1S/C18H28N2O/c1-14(21-3)12-20-13-18(2,16-9-10-16)19-11-17(20)15-7-5-4-6-8-15/h4-8,14,16-17,19H,9-13H2,1-3H3. The number of rotatable bonds is 5. The summed E-state index contributed by atoms with van der Waals surface area (Å²) in [5.74, 6) is 0.856. The third-order valence-corrected chi connectivity index (χ3v) is 5.23. The Morgan fingerprint density at radius 3 is 2.67 bits per heavy atom. The second kappa shape index (κ2) is 6.07. The van der Waals surface area contributed by atoms with Gasteiger partial charge in [-0.2, -0.15) is 0 Å². The number of nitrogens with zero attached hydrogens (tertiary/aromatic N) is 1. The monoisotopic (exact) mass is 288 g/mol. The van der Waals surface area contributed by atoms with Gasteiger partial charge in [-0.3, -0.25) is 4.90 Å². The number of methoxy groups -OCH3 is 1. The molecule has 0 radical (unpaired) electrons. The summed E-state index contributed by atoms with van der Waals surface area (Å²) in [6.45, 7) is 7.72. The van der Waals surface area contributed by atoms with Gasteiger partial charge in [-0.1, -0.05) is 30.3 Å². The predicted molar refractivity (Wildman–Crippen MR) is 86.4 cm³/mol. The summed E-state index contributed by atoms with van der Waals surface area (Å²) in [6, 6.07) is 11.3. The molecule has 1 saturated carbocycles. The zero-order chi connectivity index (χ0) is 14.9. The average molecular weight is 288 g/mol. The van der Waals surface area contributed by atoms with Crippen molar-refractivity contribution in [2.45, 2.75) is 44.4 Å². The van der Waals surface area contributed by atoms with E-state index < -0.39 is 0 Å². The van der Waals surface area contributed by atoms with Crippen molar-refractivity contribution in [1.82, 2.24) is 10.2 Å². The third-order valence-electron chi connectivity index (χ3n) is 5.23. The Balaban J connectivity index is 1.78. The van der Waals surface area contributed by atoms with Gasteiger partial charge in [0.05, 0.1) is 6.10 Å². The molecule has 0 bridgehead atoms. The molecule has 3 atom stereocenters. The van der Waals surface area contributed by atoms with Gasteiger partial charge in [-0.25, -0.2) is 0 Å². The van der Waals surface area contributed by atoms with E-state index in [1.165, 1.54) is 18.4 Å². The Morgan fingerprint density at radius 1 is 1.33 bits per heavy atom. The largest absolute Gasteiger partial charge is 0.380 e. The van der Waals surface area contributed by atoms with Crippen LogP contribution in [0, 0.1) is 5.92 Å². The van der Waals surface area contributed by atoms with Crippen LogP contribution in [-0.4, -0.2) is 43.3 Å². The van der Waals surface area contributed by atoms with E-state index in [9.17, 15) is 0 Å². The second-order valence-corrected chi connectivity index (χ2v) is 6.97. The maximum absolute atomic E-state index is 5.52. The van der Waals surface area contributed by atoms with E-state index in [4.69, 9.17) is 4.74 Å². The maximum Gasteiger partial charge on any atom is 0.0670 e. The van der Waals surface area contributed by atoms with Crippen LogP contribution in [0.15, 0.2) is 30.3 Å². The lowest BCUT2D eigenvalue weighted by Crippen LogP contribution is -2.61. The van der Waals surface area contributed by atoms with Gasteiger partial charge >= 0.3 is 0 Å². The van der Waals surface area contributed by atoms with Crippen LogP contribution in [-0.2, 0) is 4.74 Å². The fourth-order valence-electron chi connectivity index (χ4n) is 3.64. The summed E-state index contributed by atoms with van der Waals surface area (Å²) in [5.41, 5.74) is 1.69. The number of hydrogen-bond donors (Lipinski definition) is 1. The topological polar surface area (TPSA) is 24.5 Å². The zero-order valence-corrected chi connectivity index (χ0v) is 13.5. The molecule has 2 aliphatic rings. The molecule has 3 rings (SSSR count). The van der Waals surface area contributed by atoms with Crippen LogP contribution in [0.4, 0.5) is 0 Å². The molecule has 0 aromatic heterocycles. The quantitative estimate of drug-likeness (QED) is 0.901. The van der Waals surface area contributed by atoms with Crippen LogP contribution >= 0.6 is 0 Å². The lowest BCUT2D eigenvalue weighted by Gasteiger charge is -2.47. The molecule has 2 fully saturated rings. The van der Waals surface area contributed by atoms with Gasteiger partial charge in [0, 0.05) is 38.3 Å². The van der Waals surface area contributed by atoms with Crippen LogP contribution in [0.1, 0.15) is 38.3 Å². The fraction of sp³-hybridized carbons (Fsp3) is 0.667. The summed E-state index contributed by atoms with van der Waals surface area (Å²) in [7, 11) is 1.81. The van der Waals surface area contributed by atoms with Crippen molar-refractivity contribution in [3.05, 3.63) is 35.9 Å². The number of hydrogen-bond acceptors (Lipinski definition) is 3. The number of ether oxygens (including phenoxy) is 1. The van der Waals surface area contributed by atoms with Crippen molar-refractivity contribution in [3.63, 3.8) is 0 Å². The van der Waals surface area contributed by atoms with E-state index in [-0.39, 0.29) is 11.6 Å². The van der Waals surface area contributed by atoms with Crippen LogP contribution in [0.25, 0.3) is 0 Å². The van der Waals surface area contributed by atoms with Gasteiger partial charge in [0.15, 0.2) is 0 Å². The number of benzene rings is 1. The highest BCUT2D eigenvalue weighted by Crippen LogP contribution is 2.42. The molecule has 1 aromatic rings. The highest BCUT2D eigenvalue weighted by Gasteiger charge is 2.46. The molecule has 21 heavy (non-hydrogen) atoms. The van der Waals surface area contributed by atoms with E-state index in [0.717, 1.165) is 25.6 Å². The summed E-state index contributed by atoms with van der Waals surface area (Å²) in [4.78, 5) is 2.62. The molecule has 1 saturated heterocycles. The highest BCUT2D eigenvalue weighted by molar-refractivity contribution is 5.21. The molecule has 3 heteroatoms. The van der Waals surface area contributed by atoms with Crippen molar-refractivity contribution in [1.29, 1.82) is 0 Å². The van der Waals surface area contributed by atoms with Crippen molar-refractivity contribution >= 4 is 0 Å². The minimum atomic E-state index is 0.276. The molecule has 1 N–H and O–H groups in total. The van der Waals surface area contributed by atoms with Crippen molar-refractivity contribution in [2.75, 3.05) is 26.7 Å². The molecular weight excluding hydrogens is 260 g/mol. The van der Waals surface area contributed by atoms with E-state index in [2.05, 4.69) is 54.4 Å². The SMILES string of the molecule is COC(C)CN1CC(C)(C2CC2)NCC1c1ccccc1. The number of nitrogens with one attached hydrogen (secondary N) is 1. The van der Waals surface area contributed by atoms with Gasteiger partial charge in [-0.05, 0) is 38.2 Å².